The summed E-state index contributed by atoms with van der Waals surface area (Å²) in [4.78, 5) is 23.4. The SMILES string of the molecule is O=Nc1ccc(/C=C/CC(=O)C23CC4CC(CC(C4)C2)C3)cc1O. The standard InChI is InChI=1S/C20H23NO3/c22-18-9-13(4-5-17(18)21-24)2-1-3-19(23)20-10-14-6-15(11-20)8-16(7-14)12-20/h1-2,4-5,9,14-16,22H,3,6-8,10-12H2/b2-1+. The van der Waals surface area contributed by atoms with Crippen LogP contribution in [0.3, 0.4) is 0 Å². The van der Waals surface area contributed by atoms with Crippen LogP contribution in [0.4, 0.5) is 5.69 Å². The number of Topliss-reactive ketones (excluding diaryl/α,β-unsaturated/α-hetero) is 1. The lowest BCUT2D eigenvalue weighted by molar-refractivity contribution is -0.142. The van der Waals surface area contributed by atoms with Crippen LogP contribution in [-0.2, 0) is 4.79 Å². The molecule has 0 aliphatic heterocycles. The minimum atomic E-state index is -0.125. The summed E-state index contributed by atoms with van der Waals surface area (Å²) in [5.41, 5.74) is 0.766. The van der Waals surface area contributed by atoms with Crippen molar-refractivity contribution >= 4 is 17.5 Å². The van der Waals surface area contributed by atoms with Crippen LogP contribution in [0.2, 0.25) is 0 Å². The molecule has 0 spiro atoms. The van der Waals surface area contributed by atoms with E-state index in [-0.39, 0.29) is 16.9 Å². The molecule has 4 nitrogen and oxygen atoms in total. The number of hydrogen-bond donors (Lipinski definition) is 1. The second-order valence-electron chi connectivity index (χ2n) is 8.07. The molecule has 5 rings (SSSR count). The molecule has 126 valence electrons. The quantitative estimate of drug-likeness (QED) is 0.776. The number of ketones is 1. The van der Waals surface area contributed by atoms with E-state index >= 15 is 0 Å². The van der Waals surface area contributed by atoms with Crippen LogP contribution in [0.15, 0.2) is 29.5 Å². The number of nitrogens with zero attached hydrogens (tertiary/aromatic N) is 1. The molecule has 4 heteroatoms. The third kappa shape index (κ3) is 2.68. The fourth-order valence-corrected chi connectivity index (χ4v) is 5.69. The molecule has 0 heterocycles. The second-order valence-corrected chi connectivity index (χ2v) is 8.07. The highest BCUT2D eigenvalue weighted by Crippen LogP contribution is 2.60. The topological polar surface area (TPSA) is 66.7 Å². The summed E-state index contributed by atoms with van der Waals surface area (Å²) in [7, 11) is 0. The molecule has 0 aromatic heterocycles. The van der Waals surface area contributed by atoms with E-state index in [1.54, 1.807) is 6.07 Å². The predicted octanol–water partition coefficient (Wildman–Crippen LogP) is 4.98. The van der Waals surface area contributed by atoms with Gasteiger partial charge in [-0.25, -0.2) is 0 Å². The molecular formula is C20H23NO3. The van der Waals surface area contributed by atoms with Crippen molar-refractivity contribution in [1.29, 1.82) is 0 Å². The van der Waals surface area contributed by atoms with E-state index in [0.717, 1.165) is 42.6 Å². The minimum absolute atomic E-state index is 0.0387. The van der Waals surface area contributed by atoms with Gasteiger partial charge in [0.1, 0.15) is 17.2 Å². The van der Waals surface area contributed by atoms with Crippen molar-refractivity contribution in [3.8, 4) is 5.75 Å². The first-order valence-corrected chi connectivity index (χ1v) is 8.94. The molecule has 0 radical (unpaired) electrons. The van der Waals surface area contributed by atoms with Gasteiger partial charge in [-0.3, -0.25) is 4.79 Å². The van der Waals surface area contributed by atoms with Gasteiger partial charge in [0.2, 0.25) is 0 Å². The first-order chi connectivity index (χ1) is 11.6. The van der Waals surface area contributed by atoms with Crippen LogP contribution in [0.5, 0.6) is 5.75 Å². The monoisotopic (exact) mass is 325 g/mol. The zero-order valence-corrected chi connectivity index (χ0v) is 13.8. The average molecular weight is 325 g/mol. The Morgan fingerprint density at radius 3 is 2.33 bits per heavy atom. The number of rotatable bonds is 5. The Kier molecular flexibility index (Phi) is 3.78. The minimum Gasteiger partial charge on any atom is -0.506 e. The summed E-state index contributed by atoms with van der Waals surface area (Å²) >= 11 is 0. The Morgan fingerprint density at radius 2 is 1.79 bits per heavy atom. The number of phenols is 1. The number of allylic oxidation sites excluding steroid dienone is 1. The lowest BCUT2D eigenvalue weighted by atomic mass is 9.48. The first-order valence-electron chi connectivity index (χ1n) is 8.94. The number of benzene rings is 1. The summed E-state index contributed by atoms with van der Waals surface area (Å²) in [6, 6.07) is 4.72. The highest BCUT2D eigenvalue weighted by molar-refractivity contribution is 5.87. The number of carbonyl (C=O) groups excluding carboxylic acids is 1. The number of nitroso groups, excluding NO2 is 1. The maximum Gasteiger partial charge on any atom is 0.149 e. The van der Waals surface area contributed by atoms with Crippen molar-refractivity contribution in [2.45, 2.75) is 44.9 Å². The van der Waals surface area contributed by atoms with Gasteiger partial charge >= 0.3 is 0 Å². The molecule has 0 amide bonds. The Bertz CT molecular complexity index is 672. The van der Waals surface area contributed by atoms with Gasteiger partial charge in [0.25, 0.3) is 0 Å². The predicted molar refractivity (Wildman–Crippen MR) is 92.8 cm³/mol. The normalized spacial score (nSPS) is 33.9. The van der Waals surface area contributed by atoms with Gasteiger partial charge in [-0.15, -0.1) is 4.91 Å². The Morgan fingerprint density at radius 1 is 1.17 bits per heavy atom. The summed E-state index contributed by atoms with van der Waals surface area (Å²) in [5.74, 6) is 2.62. The molecule has 4 aliphatic carbocycles. The highest BCUT2D eigenvalue weighted by atomic mass is 16.3. The maximum atomic E-state index is 12.9. The summed E-state index contributed by atoms with van der Waals surface area (Å²) in [6.45, 7) is 0. The van der Waals surface area contributed by atoms with E-state index in [2.05, 4.69) is 5.18 Å². The van der Waals surface area contributed by atoms with Crippen molar-refractivity contribution in [3.63, 3.8) is 0 Å². The van der Waals surface area contributed by atoms with Crippen molar-refractivity contribution in [3.05, 3.63) is 34.7 Å². The molecule has 1 aromatic carbocycles. The first kappa shape index (κ1) is 15.6. The molecule has 4 aliphatic rings. The summed E-state index contributed by atoms with van der Waals surface area (Å²) in [5, 5.41) is 12.4. The molecule has 0 atom stereocenters. The van der Waals surface area contributed by atoms with E-state index in [4.69, 9.17) is 0 Å². The van der Waals surface area contributed by atoms with Gasteiger partial charge in [0, 0.05) is 11.8 Å². The second kappa shape index (κ2) is 5.83. The number of phenolic OH excluding ortho intramolecular Hbond substituents is 1. The molecule has 4 bridgehead atoms. The van der Waals surface area contributed by atoms with E-state index in [1.165, 1.54) is 31.4 Å². The van der Waals surface area contributed by atoms with Gasteiger partial charge in [-0.1, -0.05) is 18.2 Å². The van der Waals surface area contributed by atoms with Crippen LogP contribution in [0.1, 0.15) is 50.5 Å². The van der Waals surface area contributed by atoms with Crippen LogP contribution in [0.25, 0.3) is 6.08 Å². The number of aromatic hydroxyl groups is 1. The third-order valence-corrected chi connectivity index (χ3v) is 6.34. The highest BCUT2D eigenvalue weighted by Gasteiger charge is 2.53. The molecule has 1 N–H and O–H groups in total. The lowest BCUT2D eigenvalue weighted by Crippen LogP contribution is -2.49. The van der Waals surface area contributed by atoms with E-state index in [1.807, 2.05) is 12.2 Å². The van der Waals surface area contributed by atoms with Crippen LogP contribution < -0.4 is 0 Å². The van der Waals surface area contributed by atoms with E-state index in [0.29, 0.717) is 12.2 Å². The molecule has 0 saturated heterocycles. The Hall–Kier alpha value is -1.97. The fourth-order valence-electron chi connectivity index (χ4n) is 5.69. The van der Waals surface area contributed by atoms with Gasteiger partial charge in [0.15, 0.2) is 0 Å². The molecule has 4 fully saturated rings. The summed E-state index contributed by atoms with van der Waals surface area (Å²) < 4.78 is 0. The zero-order chi connectivity index (χ0) is 16.7. The maximum absolute atomic E-state index is 12.9. The summed E-state index contributed by atoms with van der Waals surface area (Å²) in [6.07, 6.45) is 11.5. The van der Waals surface area contributed by atoms with Gasteiger partial charge in [-0.05, 0) is 79.2 Å². The van der Waals surface area contributed by atoms with Crippen molar-refractivity contribution in [1.82, 2.24) is 0 Å². The Balaban J connectivity index is 1.43. The Labute approximate surface area is 141 Å². The number of carbonyl (C=O) groups is 1. The van der Waals surface area contributed by atoms with E-state index < -0.39 is 0 Å². The van der Waals surface area contributed by atoms with Gasteiger partial charge in [0.05, 0.1) is 0 Å². The van der Waals surface area contributed by atoms with Crippen LogP contribution in [0, 0.1) is 28.1 Å². The largest absolute Gasteiger partial charge is 0.506 e. The van der Waals surface area contributed by atoms with Gasteiger partial charge < -0.3 is 5.11 Å². The van der Waals surface area contributed by atoms with Crippen LogP contribution in [-0.4, -0.2) is 10.9 Å². The molecule has 24 heavy (non-hydrogen) atoms. The van der Waals surface area contributed by atoms with E-state index in [9.17, 15) is 14.8 Å². The molecule has 1 aromatic rings. The molecule has 0 unspecified atom stereocenters. The van der Waals surface area contributed by atoms with Gasteiger partial charge in [-0.2, -0.15) is 0 Å². The van der Waals surface area contributed by atoms with Crippen molar-refractivity contribution in [2.24, 2.45) is 28.3 Å². The zero-order valence-electron chi connectivity index (χ0n) is 13.8. The molecule has 4 saturated carbocycles. The number of hydrogen-bond acceptors (Lipinski definition) is 4. The van der Waals surface area contributed by atoms with Crippen molar-refractivity contribution < 1.29 is 9.90 Å². The smallest absolute Gasteiger partial charge is 0.149 e. The fraction of sp³-hybridized carbons (Fsp3) is 0.550. The third-order valence-electron chi connectivity index (χ3n) is 6.34. The van der Waals surface area contributed by atoms with Crippen molar-refractivity contribution in [2.75, 3.05) is 0 Å². The molecular weight excluding hydrogens is 302 g/mol. The average Bonchev–Trinajstić information content (AvgIpc) is 2.53. The lowest BCUT2D eigenvalue weighted by Gasteiger charge is -2.56. The van der Waals surface area contributed by atoms with Crippen LogP contribution >= 0.6 is 0 Å².